The first-order valence-corrected chi connectivity index (χ1v) is 9.11. The molecule has 0 spiro atoms. The summed E-state index contributed by atoms with van der Waals surface area (Å²) in [5.74, 6) is 0. The first-order valence-electron chi connectivity index (χ1n) is 8.32. The van der Waals surface area contributed by atoms with E-state index in [4.69, 9.17) is 5.73 Å². The summed E-state index contributed by atoms with van der Waals surface area (Å²) < 4.78 is 2.95. The van der Waals surface area contributed by atoms with E-state index in [2.05, 4.69) is 83.2 Å². The summed E-state index contributed by atoms with van der Waals surface area (Å²) in [6.45, 7) is 8.22. The fourth-order valence-electron chi connectivity index (χ4n) is 2.84. The molecule has 2 aromatic carbocycles. The predicted molar refractivity (Wildman–Crippen MR) is 108 cm³/mol. The SMILES string of the molecule is CN(Cc1ccc(N)cc1)c1ccc2c(nnn2CC(C)(C)C)c1Br. The lowest BCUT2D eigenvalue weighted by molar-refractivity contribution is 0.327. The van der Waals surface area contributed by atoms with Crippen molar-refractivity contribution < 1.29 is 0 Å². The average Bonchev–Trinajstić information content (AvgIpc) is 2.92. The molecule has 1 aromatic heterocycles. The summed E-state index contributed by atoms with van der Waals surface area (Å²) in [4.78, 5) is 2.19. The van der Waals surface area contributed by atoms with E-state index >= 15 is 0 Å². The molecular formula is C19H24BrN5. The largest absolute Gasteiger partial charge is 0.399 e. The standard InChI is InChI=1S/C19H24BrN5/c1-19(2,3)12-25-16-10-9-15(17(20)18(16)22-23-25)24(4)11-13-5-7-14(21)8-6-13/h5-10H,11-12,21H2,1-4H3. The summed E-state index contributed by atoms with van der Waals surface area (Å²) in [6, 6.07) is 12.2. The van der Waals surface area contributed by atoms with Gasteiger partial charge in [0.25, 0.3) is 0 Å². The van der Waals surface area contributed by atoms with Crippen molar-refractivity contribution in [1.29, 1.82) is 0 Å². The van der Waals surface area contributed by atoms with Gasteiger partial charge in [-0.3, -0.25) is 0 Å². The smallest absolute Gasteiger partial charge is 0.129 e. The molecule has 0 unspecified atom stereocenters. The van der Waals surface area contributed by atoms with Gasteiger partial charge in [0.05, 0.1) is 15.7 Å². The molecule has 0 aliphatic heterocycles. The van der Waals surface area contributed by atoms with Crippen molar-refractivity contribution in [3.63, 3.8) is 0 Å². The minimum atomic E-state index is 0.151. The lowest BCUT2D eigenvalue weighted by Crippen LogP contribution is -2.17. The van der Waals surface area contributed by atoms with Gasteiger partial charge < -0.3 is 10.6 Å². The number of benzene rings is 2. The fourth-order valence-corrected chi connectivity index (χ4v) is 3.55. The Morgan fingerprint density at radius 1 is 1.12 bits per heavy atom. The van der Waals surface area contributed by atoms with E-state index in [1.807, 2.05) is 16.8 Å². The van der Waals surface area contributed by atoms with E-state index in [1.165, 1.54) is 5.56 Å². The van der Waals surface area contributed by atoms with Crippen LogP contribution in [-0.2, 0) is 13.1 Å². The number of aromatic nitrogens is 3. The normalized spacial score (nSPS) is 11.9. The van der Waals surface area contributed by atoms with Crippen molar-refractivity contribution in [3.8, 4) is 0 Å². The van der Waals surface area contributed by atoms with Gasteiger partial charge in [0.2, 0.25) is 0 Å². The zero-order valence-electron chi connectivity index (χ0n) is 15.1. The highest BCUT2D eigenvalue weighted by atomic mass is 79.9. The zero-order chi connectivity index (χ0) is 18.2. The number of nitrogen functional groups attached to an aromatic ring is 1. The second-order valence-corrected chi connectivity index (χ2v) is 8.46. The molecule has 0 fully saturated rings. The molecule has 0 aliphatic carbocycles. The van der Waals surface area contributed by atoms with E-state index in [-0.39, 0.29) is 5.41 Å². The van der Waals surface area contributed by atoms with Crippen molar-refractivity contribution in [2.45, 2.75) is 33.9 Å². The van der Waals surface area contributed by atoms with Crippen LogP contribution >= 0.6 is 15.9 Å². The van der Waals surface area contributed by atoms with Gasteiger partial charge in [0, 0.05) is 25.8 Å². The van der Waals surface area contributed by atoms with Crippen LogP contribution in [0.4, 0.5) is 11.4 Å². The maximum Gasteiger partial charge on any atom is 0.129 e. The molecule has 25 heavy (non-hydrogen) atoms. The van der Waals surface area contributed by atoms with Gasteiger partial charge in [-0.1, -0.05) is 38.1 Å². The average molecular weight is 402 g/mol. The zero-order valence-corrected chi connectivity index (χ0v) is 16.7. The molecule has 0 atom stereocenters. The van der Waals surface area contributed by atoms with E-state index in [0.29, 0.717) is 0 Å². The molecule has 3 rings (SSSR count). The highest BCUT2D eigenvalue weighted by Crippen LogP contribution is 2.33. The molecule has 6 heteroatoms. The predicted octanol–water partition coefficient (Wildman–Crippen LogP) is 4.46. The van der Waals surface area contributed by atoms with E-state index in [0.717, 1.165) is 40.0 Å². The lowest BCUT2D eigenvalue weighted by atomic mass is 9.97. The van der Waals surface area contributed by atoms with Gasteiger partial charge >= 0.3 is 0 Å². The van der Waals surface area contributed by atoms with Crippen LogP contribution in [0.3, 0.4) is 0 Å². The maximum absolute atomic E-state index is 5.76. The van der Waals surface area contributed by atoms with Crippen LogP contribution in [0.1, 0.15) is 26.3 Å². The number of fused-ring (bicyclic) bond motifs is 1. The highest BCUT2D eigenvalue weighted by Gasteiger charge is 2.18. The Balaban J connectivity index is 1.89. The molecule has 2 N–H and O–H groups in total. The van der Waals surface area contributed by atoms with Crippen molar-refractivity contribution in [3.05, 3.63) is 46.4 Å². The number of nitrogens with two attached hydrogens (primary N) is 1. The molecule has 0 aliphatic rings. The molecule has 0 saturated carbocycles. The van der Waals surface area contributed by atoms with E-state index in [1.54, 1.807) is 0 Å². The van der Waals surface area contributed by atoms with Gasteiger partial charge in [-0.25, -0.2) is 4.68 Å². The van der Waals surface area contributed by atoms with Crippen molar-refractivity contribution >= 4 is 38.3 Å². The first-order chi connectivity index (χ1) is 11.7. The third kappa shape index (κ3) is 3.95. The fraction of sp³-hybridized carbons (Fsp3) is 0.368. The number of rotatable bonds is 4. The highest BCUT2D eigenvalue weighted by molar-refractivity contribution is 9.10. The van der Waals surface area contributed by atoms with Crippen LogP contribution in [0.15, 0.2) is 40.9 Å². The Kier molecular flexibility index (Phi) is 4.73. The molecule has 0 radical (unpaired) electrons. The first kappa shape index (κ1) is 17.7. The minimum absolute atomic E-state index is 0.151. The molecule has 5 nitrogen and oxygen atoms in total. The van der Waals surface area contributed by atoms with Crippen molar-refractivity contribution in [2.24, 2.45) is 5.41 Å². The monoisotopic (exact) mass is 401 g/mol. The van der Waals surface area contributed by atoms with Gasteiger partial charge in [0.15, 0.2) is 0 Å². The summed E-state index contributed by atoms with van der Waals surface area (Å²) in [5.41, 5.74) is 10.9. The molecule has 0 bridgehead atoms. The Labute approximate surface area is 156 Å². The van der Waals surface area contributed by atoms with Gasteiger partial charge in [-0.2, -0.15) is 0 Å². The second-order valence-electron chi connectivity index (χ2n) is 7.67. The summed E-state index contributed by atoms with van der Waals surface area (Å²) in [7, 11) is 2.07. The molecule has 3 aromatic rings. The maximum atomic E-state index is 5.76. The van der Waals surface area contributed by atoms with E-state index in [9.17, 15) is 0 Å². The summed E-state index contributed by atoms with van der Waals surface area (Å²) in [5, 5.41) is 8.73. The van der Waals surface area contributed by atoms with Crippen LogP contribution in [-0.4, -0.2) is 22.0 Å². The summed E-state index contributed by atoms with van der Waals surface area (Å²) >= 11 is 3.72. The Morgan fingerprint density at radius 3 is 2.44 bits per heavy atom. The third-order valence-electron chi connectivity index (χ3n) is 4.04. The number of nitrogens with zero attached hydrogens (tertiary/aromatic N) is 4. The molecule has 1 heterocycles. The van der Waals surface area contributed by atoms with Crippen LogP contribution in [0, 0.1) is 5.41 Å². The quantitative estimate of drug-likeness (QED) is 0.655. The second kappa shape index (κ2) is 6.67. The van der Waals surface area contributed by atoms with E-state index < -0.39 is 0 Å². The van der Waals surface area contributed by atoms with Gasteiger partial charge in [0.1, 0.15) is 5.52 Å². The Bertz CT molecular complexity index is 877. The van der Waals surface area contributed by atoms with Crippen LogP contribution < -0.4 is 10.6 Å². The number of anilines is 2. The lowest BCUT2D eigenvalue weighted by Gasteiger charge is -2.21. The number of hydrogen-bond acceptors (Lipinski definition) is 4. The molecular weight excluding hydrogens is 378 g/mol. The summed E-state index contributed by atoms with van der Waals surface area (Å²) in [6.07, 6.45) is 0. The van der Waals surface area contributed by atoms with Gasteiger partial charge in [-0.15, -0.1) is 5.10 Å². The van der Waals surface area contributed by atoms with Crippen molar-refractivity contribution in [1.82, 2.24) is 15.0 Å². The van der Waals surface area contributed by atoms with Gasteiger partial charge in [-0.05, 0) is 51.2 Å². The van der Waals surface area contributed by atoms with Crippen molar-refractivity contribution in [2.75, 3.05) is 17.7 Å². The van der Waals surface area contributed by atoms with Crippen LogP contribution in [0.5, 0.6) is 0 Å². The third-order valence-corrected chi connectivity index (χ3v) is 4.82. The Hall–Kier alpha value is -2.08. The molecule has 0 amide bonds. The molecule has 0 saturated heterocycles. The topological polar surface area (TPSA) is 60.0 Å². The van der Waals surface area contributed by atoms with Crippen LogP contribution in [0.25, 0.3) is 11.0 Å². The number of hydrogen-bond donors (Lipinski definition) is 1. The Morgan fingerprint density at radius 2 is 1.80 bits per heavy atom. The molecule has 132 valence electrons. The number of halogens is 1. The van der Waals surface area contributed by atoms with Crippen LogP contribution in [0.2, 0.25) is 0 Å². The minimum Gasteiger partial charge on any atom is -0.399 e.